The fourth-order valence-electron chi connectivity index (χ4n) is 4.86. The van der Waals surface area contributed by atoms with Crippen LogP contribution < -0.4 is 5.32 Å². The van der Waals surface area contributed by atoms with Crippen LogP contribution in [0.25, 0.3) is 11.3 Å². The summed E-state index contributed by atoms with van der Waals surface area (Å²) >= 11 is 0. The first-order valence-electron chi connectivity index (χ1n) is 10.3. The van der Waals surface area contributed by atoms with Crippen molar-refractivity contribution in [1.82, 2.24) is 20.2 Å². The number of rotatable bonds is 5. The number of guanidine groups is 1. The van der Waals surface area contributed by atoms with Crippen LogP contribution in [0.2, 0.25) is 0 Å². The van der Waals surface area contributed by atoms with Crippen LogP contribution in [0.3, 0.4) is 0 Å². The number of aromatic amines is 1. The van der Waals surface area contributed by atoms with Gasteiger partial charge in [0.25, 0.3) is 0 Å². The minimum absolute atomic E-state index is 0. The van der Waals surface area contributed by atoms with E-state index in [4.69, 9.17) is 0 Å². The Bertz CT molecular complexity index is 1030. The van der Waals surface area contributed by atoms with Crippen LogP contribution in [0.15, 0.2) is 65.8 Å². The smallest absolute Gasteiger partial charge is 0.193 e. The Balaban J connectivity index is 0.00000218. The molecule has 0 amide bonds. The summed E-state index contributed by atoms with van der Waals surface area (Å²) in [6.07, 6.45) is 3.13. The first-order chi connectivity index (χ1) is 14.2. The van der Waals surface area contributed by atoms with Gasteiger partial charge in [-0.1, -0.05) is 54.6 Å². The third-order valence-electron chi connectivity index (χ3n) is 6.37. The van der Waals surface area contributed by atoms with Crippen molar-refractivity contribution in [3.05, 3.63) is 77.7 Å². The highest BCUT2D eigenvalue weighted by Crippen LogP contribution is 2.60. The maximum Gasteiger partial charge on any atom is 0.193 e. The van der Waals surface area contributed by atoms with E-state index in [-0.39, 0.29) is 24.0 Å². The predicted molar refractivity (Wildman–Crippen MR) is 132 cm³/mol. The molecule has 6 heteroatoms. The first kappa shape index (κ1) is 20.9. The fourth-order valence-corrected chi connectivity index (χ4v) is 4.86. The quantitative estimate of drug-likeness (QED) is 0.304. The lowest BCUT2D eigenvalue weighted by Crippen LogP contribution is -2.40. The van der Waals surface area contributed by atoms with E-state index >= 15 is 0 Å². The summed E-state index contributed by atoms with van der Waals surface area (Å²) in [6, 6.07) is 19.2. The molecule has 5 nitrogen and oxygen atoms in total. The second kappa shape index (κ2) is 8.79. The molecule has 1 aromatic heterocycles. The average molecular weight is 513 g/mol. The van der Waals surface area contributed by atoms with E-state index in [1.165, 1.54) is 6.42 Å². The Morgan fingerprint density at radius 3 is 2.73 bits per heavy atom. The van der Waals surface area contributed by atoms with Gasteiger partial charge < -0.3 is 15.2 Å². The van der Waals surface area contributed by atoms with Crippen LogP contribution in [-0.4, -0.2) is 41.5 Å². The monoisotopic (exact) mass is 513 g/mol. The van der Waals surface area contributed by atoms with Crippen LogP contribution in [0, 0.1) is 11.8 Å². The Labute approximate surface area is 195 Å². The normalized spacial score (nSPS) is 21.4. The average Bonchev–Trinajstić information content (AvgIpc) is 3.07. The predicted octanol–water partition coefficient (Wildman–Crippen LogP) is 4.29. The van der Waals surface area contributed by atoms with E-state index in [0.29, 0.717) is 6.54 Å². The van der Waals surface area contributed by atoms with E-state index in [1.807, 2.05) is 31.4 Å². The van der Waals surface area contributed by atoms with Crippen molar-refractivity contribution in [2.75, 3.05) is 20.6 Å². The van der Waals surface area contributed by atoms with Gasteiger partial charge in [-0.25, -0.2) is 4.98 Å². The molecule has 0 saturated heterocycles. The van der Waals surface area contributed by atoms with E-state index in [0.717, 1.165) is 47.3 Å². The van der Waals surface area contributed by atoms with Crippen LogP contribution in [0.4, 0.5) is 0 Å². The van der Waals surface area contributed by atoms with Crippen LogP contribution in [0.5, 0.6) is 0 Å². The van der Waals surface area contributed by atoms with Gasteiger partial charge in [-0.05, 0) is 40.9 Å². The van der Waals surface area contributed by atoms with Crippen molar-refractivity contribution in [2.24, 2.45) is 16.8 Å². The highest BCUT2D eigenvalue weighted by molar-refractivity contribution is 14.0. The molecule has 2 N–H and O–H groups in total. The van der Waals surface area contributed by atoms with Gasteiger partial charge in [-0.15, -0.1) is 24.0 Å². The maximum atomic E-state index is 4.55. The number of nitrogens with one attached hydrogen (secondary N) is 2. The number of aromatic nitrogens is 2. The van der Waals surface area contributed by atoms with Crippen LogP contribution >= 0.6 is 24.0 Å². The second-order valence-electron chi connectivity index (χ2n) is 8.15. The minimum atomic E-state index is 0. The molecule has 1 saturated carbocycles. The van der Waals surface area contributed by atoms with Gasteiger partial charge in [0.15, 0.2) is 5.96 Å². The third kappa shape index (κ3) is 3.97. The first-order valence-corrected chi connectivity index (χ1v) is 10.3. The van der Waals surface area contributed by atoms with Crippen LogP contribution in [0.1, 0.15) is 22.9 Å². The highest BCUT2D eigenvalue weighted by atomic mass is 127. The molecule has 0 spiro atoms. The molecule has 0 radical (unpaired) electrons. The van der Waals surface area contributed by atoms with Crippen molar-refractivity contribution < 1.29 is 0 Å². The summed E-state index contributed by atoms with van der Waals surface area (Å²) in [5.41, 5.74) is 5.31. The van der Waals surface area contributed by atoms with E-state index in [1.54, 1.807) is 11.1 Å². The lowest BCUT2D eigenvalue weighted by molar-refractivity contribution is 0.460. The number of fused-ring (bicyclic) bond motifs is 3. The van der Waals surface area contributed by atoms with E-state index in [2.05, 4.69) is 68.6 Å². The summed E-state index contributed by atoms with van der Waals surface area (Å²) in [5.74, 6) is 4.12. The number of halogens is 1. The molecule has 2 aliphatic rings. The van der Waals surface area contributed by atoms with E-state index in [9.17, 15) is 0 Å². The Morgan fingerprint density at radius 2 is 1.93 bits per heavy atom. The molecule has 3 aromatic rings. The van der Waals surface area contributed by atoms with Crippen molar-refractivity contribution in [3.63, 3.8) is 0 Å². The summed E-state index contributed by atoms with van der Waals surface area (Å²) < 4.78 is 0. The Kier molecular flexibility index (Phi) is 6.13. The maximum absolute atomic E-state index is 4.55. The molecule has 3 atom stereocenters. The zero-order valence-corrected chi connectivity index (χ0v) is 19.7. The zero-order valence-electron chi connectivity index (χ0n) is 17.4. The number of hydrogen-bond donors (Lipinski definition) is 2. The summed E-state index contributed by atoms with van der Waals surface area (Å²) in [4.78, 5) is 14.6. The minimum Gasteiger partial charge on any atom is -0.356 e. The van der Waals surface area contributed by atoms with Gasteiger partial charge in [0, 0.05) is 20.6 Å². The Hall–Kier alpha value is -2.35. The van der Waals surface area contributed by atoms with Crippen molar-refractivity contribution in [2.45, 2.75) is 18.9 Å². The fraction of sp³-hybridized carbons (Fsp3) is 0.333. The molecule has 30 heavy (non-hydrogen) atoms. The van der Waals surface area contributed by atoms with Gasteiger partial charge in [0.2, 0.25) is 0 Å². The number of H-pyrrole nitrogens is 1. The molecule has 5 rings (SSSR count). The van der Waals surface area contributed by atoms with Gasteiger partial charge in [-0.3, -0.25) is 4.99 Å². The third-order valence-corrected chi connectivity index (χ3v) is 6.37. The SMILES string of the molecule is CN=C(NCC1C2Cc3ccccc3C12)N(C)Cc1ncc(-c2ccccc2)[nH]1.I. The van der Waals surface area contributed by atoms with Crippen molar-refractivity contribution in [1.29, 1.82) is 0 Å². The number of hydrogen-bond acceptors (Lipinski definition) is 2. The number of imidazole rings is 1. The molecule has 2 aromatic carbocycles. The molecule has 1 fully saturated rings. The topological polar surface area (TPSA) is 56.3 Å². The molecule has 0 aliphatic heterocycles. The molecular formula is C24H28IN5. The summed E-state index contributed by atoms with van der Waals surface area (Å²) in [5, 5.41) is 3.58. The molecular weight excluding hydrogens is 485 g/mol. The van der Waals surface area contributed by atoms with Gasteiger partial charge >= 0.3 is 0 Å². The van der Waals surface area contributed by atoms with E-state index < -0.39 is 0 Å². The van der Waals surface area contributed by atoms with Gasteiger partial charge in [-0.2, -0.15) is 0 Å². The van der Waals surface area contributed by atoms with Gasteiger partial charge in [0.1, 0.15) is 5.82 Å². The lowest BCUT2D eigenvalue weighted by atomic mass is 10.0. The summed E-state index contributed by atoms with van der Waals surface area (Å²) in [6.45, 7) is 1.67. The summed E-state index contributed by atoms with van der Waals surface area (Å²) in [7, 11) is 3.91. The molecule has 1 heterocycles. The number of benzene rings is 2. The zero-order chi connectivity index (χ0) is 19.8. The molecule has 2 aliphatic carbocycles. The second-order valence-corrected chi connectivity index (χ2v) is 8.15. The number of aliphatic imine (C=N–C) groups is 1. The molecule has 156 valence electrons. The van der Waals surface area contributed by atoms with Crippen LogP contribution in [-0.2, 0) is 13.0 Å². The van der Waals surface area contributed by atoms with Crippen molar-refractivity contribution >= 4 is 29.9 Å². The van der Waals surface area contributed by atoms with Crippen molar-refractivity contribution in [3.8, 4) is 11.3 Å². The Morgan fingerprint density at radius 1 is 1.17 bits per heavy atom. The largest absolute Gasteiger partial charge is 0.356 e. The standard InChI is InChI=1S/C24H27N5.HI/c1-25-24(27-13-20-19-12-17-10-6-7-11-18(17)23(19)20)29(2)15-22-26-14-21(28-22)16-8-4-3-5-9-16;/h3-11,14,19-20,23H,12-13,15H2,1-2H3,(H,25,27)(H,26,28);1H. The van der Waals surface area contributed by atoms with Gasteiger partial charge in [0.05, 0.1) is 18.4 Å². The number of nitrogens with zero attached hydrogens (tertiary/aromatic N) is 3. The molecule has 3 unspecified atom stereocenters. The lowest BCUT2D eigenvalue weighted by Gasteiger charge is -2.21. The molecule has 0 bridgehead atoms. The highest BCUT2D eigenvalue weighted by Gasteiger charge is 2.54.